The molecule has 1 saturated heterocycles. The number of hydrogen-bond donors (Lipinski definition) is 3. The van der Waals surface area contributed by atoms with Crippen LogP contribution in [0.2, 0.25) is 0 Å². The number of aryl methyl sites for hydroxylation is 1. The summed E-state index contributed by atoms with van der Waals surface area (Å²) in [6.07, 6.45) is 1.01. The van der Waals surface area contributed by atoms with Crippen molar-refractivity contribution in [3.63, 3.8) is 0 Å². The Morgan fingerprint density at radius 1 is 1.08 bits per heavy atom. The molecule has 3 fully saturated rings. The van der Waals surface area contributed by atoms with Gasteiger partial charge in [-0.15, -0.1) is 11.3 Å². The van der Waals surface area contributed by atoms with E-state index in [4.69, 9.17) is 9.47 Å². The number of nitrogens with one attached hydrogen (secondary N) is 3. The van der Waals surface area contributed by atoms with E-state index in [1.165, 1.54) is 18.1 Å². The Morgan fingerprint density at radius 2 is 1.84 bits per heavy atom. The molecule has 2 saturated carbocycles. The van der Waals surface area contributed by atoms with E-state index < -0.39 is 74.6 Å². The number of ether oxygens (including phenoxy) is 2. The highest BCUT2D eigenvalue weighted by Gasteiger charge is 2.51. The van der Waals surface area contributed by atoms with Gasteiger partial charge in [-0.3, -0.25) is 19.1 Å². The number of amides is 5. The number of halogens is 3. The number of alkyl halides is 3. The normalized spacial score (nSPS) is 24.6. The monoisotopic (exact) mass is 903 g/mol. The molecular weight excluding hydrogens is 852 g/mol. The van der Waals surface area contributed by atoms with Crippen molar-refractivity contribution in [1.82, 2.24) is 35.1 Å². The maximum absolute atomic E-state index is 14.8. The van der Waals surface area contributed by atoms with Crippen molar-refractivity contribution in [1.29, 1.82) is 0 Å². The van der Waals surface area contributed by atoms with E-state index in [-0.39, 0.29) is 48.7 Å². The standard InChI is InChI=1S/C42H52F3N7O8S2/c1-5-51(6-2)40(56)47-29-12-10-8-7-9-11-25-17-18-41(21-25,39(55)50-62(57,58)27-13-14-27)49-36(53)31-19-26(22-52(31)38(29)54)60-33-20-30(37-48-34(23-61-37)42(43,44)45)46-35-24(3)32(59-4)16-15-28(33)35/h11,15-16,20,23,26-27,29,31H,5-10,12-14,17-19,21-22H2,1-4H3,(H,47,56)(H,49,53)(H,50,55)/b25-11-/t26-,29+,31+,41-/m1/s1. The zero-order valence-electron chi connectivity index (χ0n) is 35.1. The fourth-order valence-electron chi connectivity index (χ4n) is 8.55. The number of carbonyl (C=O) groups is 4. The lowest BCUT2D eigenvalue weighted by Gasteiger charge is -2.33. The summed E-state index contributed by atoms with van der Waals surface area (Å²) in [7, 11) is -2.50. The number of carbonyl (C=O) groups excluding carboxylic acids is 4. The fourth-order valence-corrected chi connectivity index (χ4v) is 10.7. The molecule has 3 aromatic rings. The molecule has 2 aliphatic heterocycles. The quantitative estimate of drug-likeness (QED) is 0.204. The fraction of sp³-hybridized carbons (Fsp3) is 0.571. The topological polar surface area (TPSA) is 189 Å². The molecule has 2 aliphatic carbocycles. The molecule has 2 aromatic heterocycles. The second-order valence-electron chi connectivity index (χ2n) is 16.4. The van der Waals surface area contributed by atoms with Gasteiger partial charge in [-0.05, 0) is 77.8 Å². The van der Waals surface area contributed by atoms with Crippen LogP contribution in [0.25, 0.3) is 21.6 Å². The van der Waals surface area contributed by atoms with Crippen molar-refractivity contribution >= 4 is 56.0 Å². The summed E-state index contributed by atoms with van der Waals surface area (Å²) in [6.45, 7) is 6.05. The molecule has 62 heavy (non-hydrogen) atoms. The van der Waals surface area contributed by atoms with Crippen LogP contribution in [-0.2, 0) is 30.6 Å². The van der Waals surface area contributed by atoms with Crippen LogP contribution >= 0.6 is 11.3 Å². The molecule has 7 rings (SSSR count). The summed E-state index contributed by atoms with van der Waals surface area (Å²) in [6, 6.07) is 2.19. The van der Waals surface area contributed by atoms with E-state index in [0.717, 1.165) is 35.1 Å². The molecule has 2 bridgehead atoms. The van der Waals surface area contributed by atoms with E-state index in [2.05, 4.69) is 25.3 Å². The molecule has 4 heterocycles. The molecule has 0 radical (unpaired) electrons. The van der Waals surface area contributed by atoms with Crippen LogP contribution in [0, 0.1) is 6.92 Å². The van der Waals surface area contributed by atoms with E-state index in [1.807, 2.05) is 19.9 Å². The summed E-state index contributed by atoms with van der Waals surface area (Å²) in [5, 5.41) is 6.51. The van der Waals surface area contributed by atoms with Gasteiger partial charge in [0.1, 0.15) is 45.9 Å². The predicted octanol–water partition coefficient (Wildman–Crippen LogP) is 6.00. The smallest absolute Gasteiger partial charge is 0.434 e. The number of methoxy groups -OCH3 is 1. The minimum Gasteiger partial charge on any atom is -0.496 e. The molecule has 0 spiro atoms. The van der Waals surface area contributed by atoms with Gasteiger partial charge in [-0.25, -0.2) is 23.2 Å². The molecule has 15 nitrogen and oxygen atoms in total. The van der Waals surface area contributed by atoms with Gasteiger partial charge >= 0.3 is 12.2 Å². The lowest BCUT2D eigenvalue weighted by molar-refractivity contribution is -0.142. The van der Waals surface area contributed by atoms with Gasteiger partial charge in [0.05, 0.1) is 24.4 Å². The van der Waals surface area contributed by atoms with Crippen molar-refractivity contribution in [3.05, 3.63) is 46.5 Å². The summed E-state index contributed by atoms with van der Waals surface area (Å²) >= 11 is 0.766. The molecule has 20 heteroatoms. The number of hydrogen-bond acceptors (Lipinski definition) is 11. The summed E-state index contributed by atoms with van der Waals surface area (Å²) in [4.78, 5) is 68.4. The number of rotatable bonds is 10. The summed E-state index contributed by atoms with van der Waals surface area (Å²) in [5.41, 5.74) is -0.714. The molecular formula is C42H52F3N7O8S2. The maximum atomic E-state index is 14.8. The molecule has 4 aliphatic rings. The van der Waals surface area contributed by atoms with Crippen LogP contribution in [0.1, 0.15) is 95.7 Å². The van der Waals surface area contributed by atoms with Crippen molar-refractivity contribution in [2.75, 3.05) is 26.7 Å². The minimum absolute atomic E-state index is 0.0102. The number of nitrogens with zero attached hydrogens (tertiary/aromatic N) is 4. The molecule has 5 amide bonds. The van der Waals surface area contributed by atoms with E-state index in [9.17, 15) is 40.8 Å². The highest BCUT2D eigenvalue weighted by Crippen LogP contribution is 2.41. The highest BCUT2D eigenvalue weighted by molar-refractivity contribution is 7.91. The van der Waals surface area contributed by atoms with Gasteiger partial charge in [0.25, 0.3) is 5.91 Å². The van der Waals surface area contributed by atoms with Gasteiger partial charge in [0, 0.05) is 48.3 Å². The first-order valence-corrected chi connectivity index (χ1v) is 23.5. The number of benzene rings is 1. The summed E-state index contributed by atoms with van der Waals surface area (Å²) < 4.78 is 81.4. The Labute approximate surface area is 362 Å². The third-order valence-corrected chi connectivity index (χ3v) is 14.9. The zero-order chi connectivity index (χ0) is 44.6. The average Bonchev–Trinajstić information content (AvgIpc) is 3.61. The molecule has 1 aromatic carbocycles. The van der Waals surface area contributed by atoms with Gasteiger partial charge in [0.15, 0.2) is 5.69 Å². The molecule has 336 valence electrons. The number of pyridine rings is 1. The van der Waals surface area contributed by atoms with Gasteiger partial charge < -0.3 is 29.9 Å². The predicted molar refractivity (Wildman–Crippen MR) is 225 cm³/mol. The lowest BCUT2D eigenvalue weighted by atomic mass is 9.95. The van der Waals surface area contributed by atoms with E-state index in [0.29, 0.717) is 67.4 Å². The first-order valence-electron chi connectivity index (χ1n) is 21.1. The van der Waals surface area contributed by atoms with Crippen molar-refractivity contribution in [2.45, 2.75) is 127 Å². The Morgan fingerprint density at radius 3 is 2.52 bits per heavy atom. The number of allylic oxidation sites excluding steroid dienone is 1. The van der Waals surface area contributed by atoms with Crippen LogP contribution in [0.4, 0.5) is 18.0 Å². The molecule has 3 N–H and O–H groups in total. The van der Waals surface area contributed by atoms with Crippen LogP contribution in [0.5, 0.6) is 11.5 Å². The van der Waals surface area contributed by atoms with Gasteiger partial charge in [0.2, 0.25) is 21.8 Å². The zero-order valence-corrected chi connectivity index (χ0v) is 36.7. The second-order valence-corrected chi connectivity index (χ2v) is 19.2. The van der Waals surface area contributed by atoms with Gasteiger partial charge in [-0.2, -0.15) is 13.2 Å². The largest absolute Gasteiger partial charge is 0.496 e. The SMILES string of the molecule is CCN(CC)C(=O)N[C@H]1CCCCC/C=C2/CC[C@](C(=O)NS(=O)(=O)C3CC3)(C2)NC(=O)[C@@H]2C[C@@H](Oc3cc(-c4nc(C(F)(F)F)cs4)nc4c(C)c(OC)ccc34)CN2C1=O. The first kappa shape index (κ1) is 45.1. The van der Waals surface area contributed by atoms with E-state index >= 15 is 0 Å². The molecule has 4 atom stereocenters. The van der Waals surface area contributed by atoms with Crippen molar-refractivity contribution in [2.24, 2.45) is 0 Å². The number of urea groups is 1. The number of thiazole rings is 1. The first-order chi connectivity index (χ1) is 29.5. The lowest BCUT2D eigenvalue weighted by Crippen LogP contribution is -2.62. The summed E-state index contributed by atoms with van der Waals surface area (Å²) in [5.74, 6) is -1.39. The van der Waals surface area contributed by atoms with Crippen LogP contribution in [0.3, 0.4) is 0 Å². The Balaban J connectivity index is 1.27. The minimum atomic E-state index is -4.68. The van der Waals surface area contributed by atoms with Crippen molar-refractivity contribution in [3.8, 4) is 22.2 Å². The van der Waals surface area contributed by atoms with Crippen LogP contribution in [-0.4, -0.2) is 108 Å². The van der Waals surface area contributed by atoms with Crippen LogP contribution < -0.4 is 24.8 Å². The second kappa shape index (κ2) is 18.0. The Kier molecular flexibility index (Phi) is 13.1. The van der Waals surface area contributed by atoms with Gasteiger partial charge in [-0.1, -0.05) is 24.5 Å². The Bertz CT molecular complexity index is 2370. The van der Waals surface area contributed by atoms with E-state index in [1.54, 1.807) is 24.0 Å². The third kappa shape index (κ3) is 9.50. The molecule has 0 unspecified atom stereocenters. The number of aromatic nitrogens is 2. The highest BCUT2D eigenvalue weighted by atomic mass is 32.2. The van der Waals surface area contributed by atoms with Crippen LogP contribution in [0.15, 0.2) is 35.2 Å². The average molecular weight is 904 g/mol. The maximum Gasteiger partial charge on any atom is 0.434 e. The Hall–Kier alpha value is -4.98. The third-order valence-electron chi connectivity index (χ3n) is 12.2. The van der Waals surface area contributed by atoms with Crippen molar-refractivity contribution < 1.29 is 50.2 Å². The number of sulfonamides is 1. The number of fused-ring (bicyclic) bond motifs is 4.